The Morgan fingerprint density at radius 3 is 2.83 bits per heavy atom. The van der Waals surface area contributed by atoms with E-state index in [0.717, 1.165) is 11.4 Å². The number of aliphatic hydroxyl groups excluding tert-OH is 1. The molecular weight excluding hydrogens is 226 g/mol. The number of nitrogens with zero attached hydrogens (tertiary/aromatic N) is 2. The molecule has 4 heteroatoms. The molecule has 3 N–H and O–H groups in total. The summed E-state index contributed by atoms with van der Waals surface area (Å²) in [5.74, 6) is 0.475. The molecule has 0 fully saturated rings. The Morgan fingerprint density at radius 2 is 2.17 bits per heavy atom. The zero-order chi connectivity index (χ0) is 13.1. The first-order valence-electron chi connectivity index (χ1n) is 6.12. The first-order chi connectivity index (χ1) is 8.63. The van der Waals surface area contributed by atoms with E-state index in [-0.39, 0.29) is 6.61 Å². The molecule has 0 amide bonds. The van der Waals surface area contributed by atoms with Gasteiger partial charge in [-0.05, 0) is 23.6 Å². The third-order valence-corrected chi connectivity index (χ3v) is 3.06. The van der Waals surface area contributed by atoms with Crippen molar-refractivity contribution < 1.29 is 5.11 Å². The second-order valence-corrected chi connectivity index (χ2v) is 4.73. The second kappa shape index (κ2) is 5.33. The van der Waals surface area contributed by atoms with Crippen LogP contribution in [0.15, 0.2) is 36.8 Å². The van der Waals surface area contributed by atoms with Crippen molar-refractivity contribution in [2.45, 2.75) is 25.8 Å². The predicted molar refractivity (Wildman–Crippen MR) is 71.7 cm³/mol. The zero-order valence-corrected chi connectivity index (χ0v) is 10.7. The summed E-state index contributed by atoms with van der Waals surface area (Å²) in [6, 6.07) is 7.87. The lowest BCUT2D eigenvalue weighted by atomic mass is 10.0. The van der Waals surface area contributed by atoms with Crippen LogP contribution in [0.4, 0.5) is 0 Å². The van der Waals surface area contributed by atoms with Crippen LogP contribution >= 0.6 is 0 Å². The lowest BCUT2D eigenvalue weighted by molar-refractivity contribution is 0.265. The van der Waals surface area contributed by atoms with Crippen molar-refractivity contribution in [3.8, 4) is 5.69 Å². The third-order valence-electron chi connectivity index (χ3n) is 3.06. The fourth-order valence-corrected chi connectivity index (χ4v) is 1.92. The Bertz CT molecular complexity index is 519. The number of hydrogen-bond acceptors (Lipinski definition) is 3. The average Bonchev–Trinajstić information content (AvgIpc) is 2.87. The van der Waals surface area contributed by atoms with Gasteiger partial charge in [0.1, 0.15) is 0 Å². The molecule has 0 spiro atoms. The minimum Gasteiger partial charge on any atom is -0.394 e. The van der Waals surface area contributed by atoms with E-state index in [0.29, 0.717) is 5.92 Å². The molecule has 1 atom stereocenters. The topological polar surface area (TPSA) is 64.1 Å². The van der Waals surface area contributed by atoms with Gasteiger partial charge in [-0.1, -0.05) is 26.0 Å². The van der Waals surface area contributed by atoms with Gasteiger partial charge in [-0.2, -0.15) is 0 Å². The number of aromatic nitrogens is 2. The van der Waals surface area contributed by atoms with Gasteiger partial charge in [-0.25, -0.2) is 4.98 Å². The maximum atomic E-state index is 9.15. The highest BCUT2D eigenvalue weighted by molar-refractivity contribution is 5.39. The molecule has 1 aromatic heterocycles. The molecule has 0 radical (unpaired) electrons. The first-order valence-corrected chi connectivity index (χ1v) is 6.12. The van der Waals surface area contributed by atoms with Crippen LogP contribution in [0.3, 0.4) is 0 Å². The van der Waals surface area contributed by atoms with E-state index in [1.54, 1.807) is 12.5 Å². The van der Waals surface area contributed by atoms with Crippen molar-refractivity contribution in [1.29, 1.82) is 0 Å². The second-order valence-electron chi connectivity index (χ2n) is 4.73. The minimum absolute atomic E-state index is 0.0877. The number of imidazole rings is 1. The van der Waals surface area contributed by atoms with Crippen LogP contribution in [0.2, 0.25) is 0 Å². The van der Waals surface area contributed by atoms with E-state index < -0.39 is 6.04 Å². The summed E-state index contributed by atoms with van der Waals surface area (Å²) in [5.41, 5.74) is 8.98. The zero-order valence-electron chi connectivity index (χ0n) is 10.7. The fourth-order valence-electron chi connectivity index (χ4n) is 1.92. The largest absolute Gasteiger partial charge is 0.394 e. The van der Waals surface area contributed by atoms with E-state index in [1.165, 1.54) is 5.56 Å². The highest BCUT2D eigenvalue weighted by atomic mass is 16.3. The molecule has 0 saturated carbocycles. The van der Waals surface area contributed by atoms with Gasteiger partial charge in [0.15, 0.2) is 0 Å². The molecule has 1 aromatic carbocycles. The molecule has 0 aliphatic rings. The minimum atomic E-state index is -0.407. The van der Waals surface area contributed by atoms with Crippen LogP contribution in [0.5, 0.6) is 0 Å². The SMILES string of the molecule is CC(C)c1cccc(-n2cncc2C(N)CO)c1. The van der Waals surface area contributed by atoms with E-state index in [2.05, 4.69) is 31.0 Å². The summed E-state index contributed by atoms with van der Waals surface area (Å²) in [6.45, 7) is 4.23. The van der Waals surface area contributed by atoms with Crippen LogP contribution in [-0.2, 0) is 0 Å². The number of benzene rings is 1. The molecule has 0 bridgehead atoms. The first kappa shape index (κ1) is 12.8. The standard InChI is InChI=1S/C14H19N3O/c1-10(2)11-4-3-5-12(6-11)17-9-16-7-14(17)13(15)8-18/h3-7,9-10,13,18H,8,15H2,1-2H3. The van der Waals surface area contributed by atoms with Gasteiger partial charge in [-0.15, -0.1) is 0 Å². The molecule has 4 nitrogen and oxygen atoms in total. The summed E-state index contributed by atoms with van der Waals surface area (Å²) in [7, 11) is 0. The van der Waals surface area contributed by atoms with E-state index in [9.17, 15) is 0 Å². The average molecular weight is 245 g/mol. The maximum absolute atomic E-state index is 9.15. The molecule has 0 aliphatic carbocycles. The van der Waals surface area contributed by atoms with Crippen LogP contribution in [0, 0.1) is 0 Å². The molecular formula is C14H19N3O. The van der Waals surface area contributed by atoms with Gasteiger partial charge < -0.3 is 15.4 Å². The van der Waals surface area contributed by atoms with Crippen molar-refractivity contribution in [3.05, 3.63) is 48.0 Å². The van der Waals surface area contributed by atoms with Crippen molar-refractivity contribution >= 4 is 0 Å². The molecule has 1 heterocycles. The molecule has 96 valence electrons. The normalized spacial score (nSPS) is 12.9. The van der Waals surface area contributed by atoms with Crippen LogP contribution < -0.4 is 5.73 Å². The number of rotatable bonds is 4. The molecule has 2 rings (SSSR count). The highest BCUT2D eigenvalue weighted by Gasteiger charge is 2.12. The number of aliphatic hydroxyl groups is 1. The molecule has 1 unspecified atom stereocenters. The van der Waals surface area contributed by atoms with Crippen molar-refractivity contribution in [3.63, 3.8) is 0 Å². The Hall–Kier alpha value is -1.65. The van der Waals surface area contributed by atoms with E-state index >= 15 is 0 Å². The van der Waals surface area contributed by atoms with Crippen LogP contribution in [-0.4, -0.2) is 21.3 Å². The Morgan fingerprint density at radius 1 is 1.39 bits per heavy atom. The third kappa shape index (κ3) is 2.44. The smallest absolute Gasteiger partial charge is 0.0994 e. The van der Waals surface area contributed by atoms with Crippen LogP contribution in [0.1, 0.15) is 37.1 Å². The van der Waals surface area contributed by atoms with Crippen molar-refractivity contribution in [2.75, 3.05) is 6.61 Å². The lowest BCUT2D eigenvalue weighted by Gasteiger charge is -2.14. The van der Waals surface area contributed by atoms with Gasteiger partial charge in [0.2, 0.25) is 0 Å². The molecule has 0 saturated heterocycles. The summed E-state index contributed by atoms with van der Waals surface area (Å²) in [4.78, 5) is 4.11. The molecule has 2 aromatic rings. The Labute approximate surface area is 107 Å². The van der Waals surface area contributed by atoms with E-state index in [4.69, 9.17) is 10.8 Å². The summed E-state index contributed by atoms with van der Waals surface area (Å²) < 4.78 is 1.92. The highest BCUT2D eigenvalue weighted by Crippen LogP contribution is 2.20. The van der Waals surface area contributed by atoms with Crippen molar-refractivity contribution in [1.82, 2.24) is 9.55 Å². The van der Waals surface area contributed by atoms with Gasteiger partial charge >= 0.3 is 0 Å². The predicted octanol–water partition coefficient (Wildman–Crippen LogP) is 1.99. The van der Waals surface area contributed by atoms with Gasteiger partial charge in [0.25, 0.3) is 0 Å². The fraction of sp³-hybridized carbons (Fsp3) is 0.357. The van der Waals surface area contributed by atoms with Crippen molar-refractivity contribution in [2.24, 2.45) is 5.73 Å². The number of hydrogen-bond donors (Lipinski definition) is 2. The summed E-state index contributed by atoms with van der Waals surface area (Å²) >= 11 is 0. The number of nitrogens with two attached hydrogens (primary N) is 1. The summed E-state index contributed by atoms with van der Waals surface area (Å²) in [6.07, 6.45) is 3.42. The molecule has 0 aliphatic heterocycles. The summed E-state index contributed by atoms with van der Waals surface area (Å²) in [5, 5.41) is 9.15. The lowest BCUT2D eigenvalue weighted by Crippen LogP contribution is -2.18. The van der Waals surface area contributed by atoms with Gasteiger partial charge in [0, 0.05) is 5.69 Å². The van der Waals surface area contributed by atoms with E-state index in [1.807, 2.05) is 16.7 Å². The van der Waals surface area contributed by atoms with Gasteiger partial charge in [0.05, 0.1) is 30.9 Å². The van der Waals surface area contributed by atoms with Crippen LogP contribution in [0.25, 0.3) is 5.69 Å². The maximum Gasteiger partial charge on any atom is 0.0994 e. The van der Waals surface area contributed by atoms with Gasteiger partial charge in [-0.3, -0.25) is 0 Å². The Balaban J connectivity index is 2.43. The molecule has 18 heavy (non-hydrogen) atoms. The Kier molecular flexibility index (Phi) is 3.79. The monoisotopic (exact) mass is 245 g/mol. The quantitative estimate of drug-likeness (QED) is 0.865.